The van der Waals surface area contributed by atoms with Crippen LogP contribution in [-0.2, 0) is 9.57 Å². The minimum atomic E-state index is -0.658. The summed E-state index contributed by atoms with van der Waals surface area (Å²) in [5.74, 6) is -0.286. The summed E-state index contributed by atoms with van der Waals surface area (Å²) in [6.45, 7) is -0.00794. The van der Waals surface area contributed by atoms with Crippen LogP contribution in [-0.4, -0.2) is 43.0 Å². The summed E-state index contributed by atoms with van der Waals surface area (Å²) in [4.78, 5) is 9.36. The predicted octanol–water partition coefficient (Wildman–Crippen LogP) is 1.93. The van der Waals surface area contributed by atoms with Crippen LogP contribution in [0.3, 0.4) is 0 Å². The molecular formula is C18H17ClFN3O3. The molecule has 1 heterocycles. The first-order chi connectivity index (χ1) is 12.5. The van der Waals surface area contributed by atoms with Gasteiger partial charge in [-0.3, -0.25) is 15.3 Å². The van der Waals surface area contributed by atoms with Gasteiger partial charge < -0.3 is 9.57 Å². The smallest absolute Gasteiger partial charge is 0.252 e. The van der Waals surface area contributed by atoms with Gasteiger partial charge in [-0.1, -0.05) is 23.7 Å². The van der Waals surface area contributed by atoms with Gasteiger partial charge in [0.1, 0.15) is 19.0 Å². The van der Waals surface area contributed by atoms with Gasteiger partial charge >= 0.3 is 0 Å². The van der Waals surface area contributed by atoms with Crippen LogP contribution in [0.15, 0.2) is 52.6 Å². The van der Waals surface area contributed by atoms with Crippen molar-refractivity contribution in [2.75, 3.05) is 20.8 Å². The number of nitrogens with zero attached hydrogens (tertiary/aromatic N) is 3. The first-order valence-electron chi connectivity index (χ1n) is 7.79. The predicted molar refractivity (Wildman–Crippen MR) is 94.9 cm³/mol. The van der Waals surface area contributed by atoms with Gasteiger partial charge in [-0.15, -0.1) is 0 Å². The number of methoxy groups -OCH3 is 1. The largest absolute Gasteiger partial charge is 0.480 e. The van der Waals surface area contributed by atoms with Crippen LogP contribution in [0.2, 0.25) is 5.02 Å². The molecule has 3 rings (SSSR count). The van der Waals surface area contributed by atoms with E-state index in [4.69, 9.17) is 21.2 Å². The third-order valence-corrected chi connectivity index (χ3v) is 4.15. The van der Waals surface area contributed by atoms with Gasteiger partial charge in [0.05, 0.1) is 24.7 Å². The molecule has 0 aromatic heterocycles. The topological polar surface area (TPSA) is 66.7 Å². The van der Waals surface area contributed by atoms with Crippen LogP contribution in [0.4, 0.5) is 4.39 Å². The summed E-state index contributed by atoms with van der Waals surface area (Å²) in [6, 6.07) is 10.5. The number of hydroxylamine groups is 2. The molecule has 8 heteroatoms. The Balaban J connectivity index is 2.31. The van der Waals surface area contributed by atoms with Crippen molar-refractivity contribution in [3.05, 3.63) is 69.4 Å². The Morgan fingerprint density at radius 1 is 1.31 bits per heavy atom. The van der Waals surface area contributed by atoms with E-state index >= 15 is 0 Å². The van der Waals surface area contributed by atoms with Crippen LogP contribution < -0.4 is 10.6 Å². The molecule has 0 aliphatic carbocycles. The van der Waals surface area contributed by atoms with Gasteiger partial charge in [0.2, 0.25) is 0 Å². The zero-order valence-corrected chi connectivity index (χ0v) is 14.9. The fraction of sp³-hybridized carbons (Fsp3) is 0.222. The Hall–Kier alpha value is -2.64. The zero-order valence-electron chi connectivity index (χ0n) is 14.2. The van der Waals surface area contributed by atoms with E-state index in [0.717, 1.165) is 5.06 Å². The minimum Gasteiger partial charge on any atom is -0.480 e. The molecule has 1 aliphatic heterocycles. The molecule has 0 spiro atoms. The maximum atomic E-state index is 14.4. The number of oxime groups is 1. The van der Waals surface area contributed by atoms with Gasteiger partial charge in [-0.25, -0.2) is 4.39 Å². The molecule has 0 saturated carbocycles. The average Bonchev–Trinajstić information content (AvgIpc) is 2.76. The molecule has 1 atom stereocenters. The Morgan fingerprint density at radius 2 is 2.08 bits per heavy atom. The van der Waals surface area contributed by atoms with E-state index in [-0.39, 0.29) is 23.7 Å². The van der Waals surface area contributed by atoms with Crippen LogP contribution in [0, 0.1) is 5.82 Å². The molecular weight excluding hydrogens is 361 g/mol. The van der Waals surface area contributed by atoms with E-state index in [2.05, 4.69) is 10.1 Å². The molecule has 6 nitrogen and oxygen atoms in total. The lowest BCUT2D eigenvalue weighted by molar-refractivity contribution is -0.0289. The maximum absolute atomic E-state index is 14.4. The van der Waals surface area contributed by atoms with Gasteiger partial charge in [-0.2, -0.15) is 0 Å². The Morgan fingerprint density at radius 3 is 2.77 bits per heavy atom. The normalized spacial score (nSPS) is 17.3. The third-order valence-electron chi connectivity index (χ3n) is 3.92. The van der Waals surface area contributed by atoms with E-state index in [1.807, 2.05) is 0 Å². The highest BCUT2D eigenvalue weighted by Gasteiger charge is 2.26. The Kier molecular flexibility index (Phi) is 5.39. The van der Waals surface area contributed by atoms with Gasteiger partial charge in [0, 0.05) is 15.8 Å². The molecule has 0 bridgehead atoms. The van der Waals surface area contributed by atoms with E-state index in [1.165, 1.54) is 20.3 Å². The highest BCUT2D eigenvalue weighted by atomic mass is 35.5. The number of benzene rings is 2. The Bertz CT molecular complexity index is 964. The van der Waals surface area contributed by atoms with Crippen molar-refractivity contribution in [1.82, 2.24) is 5.06 Å². The summed E-state index contributed by atoms with van der Waals surface area (Å²) in [6.07, 6.45) is 0. The molecule has 1 unspecified atom stereocenters. The van der Waals surface area contributed by atoms with E-state index in [9.17, 15) is 9.60 Å². The van der Waals surface area contributed by atoms with Crippen LogP contribution in [0.25, 0.3) is 5.70 Å². The minimum absolute atomic E-state index is 0.00794. The summed E-state index contributed by atoms with van der Waals surface area (Å²) in [5, 5.41) is 16.9. The maximum Gasteiger partial charge on any atom is 0.252 e. The van der Waals surface area contributed by atoms with Crippen LogP contribution in [0.1, 0.15) is 5.56 Å². The van der Waals surface area contributed by atoms with Crippen molar-refractivity contribution >= 4 is 23.2 Å². The first kappa shape index (κ1) is 18.2. The van der Waals surface area contributed by atoms with Crippen molar-refractivity contribution < 1.29 is 19.2 Å². The second-order valence-corrected chi connectivity index (χ2v) is 5.97. The summed E-state index contributed by atoms with van der Waals surface area (Å²) in [7, 11) is 2.82. The van der Waals surface area contributed by atoms with E-state index < -0.39 is 11.9 Å². The number of hydrogen-bond acceptors (Lipinski definition) is 6. The molecule has 2 aromatic carbocycles. The molecule has 0 radical (unpaired) electrons. The molecule has 1 aliphatic rings. The molecule has 2 aromatic rings. The molecule has 0 fully saturated rings. The van der Waals surface area contributed by atoms with Crippen LogP contribution >= 0.6 is 11.6 Å². The summed E-state index contributed by atoms with van der Waals surface area (Å²) in [5.41, 5.74) is 0.497. The van der Waals surface area contributed by atoms with Crippen molar-refractivity contribution in [3.63, 3.8) is 0 Å². The number of hydrogen-bond donors (Lipinski definition) is 1. The highest BCUT2D eigenvalue weighted by molar-refractivity contribution is 6.30. The van der Waals surface area contributed by atoms with E-state index in [0.29, 0.717) is 15.6 Å². The van der Waals surface area contributed by atoms with Gasteiger partial charge in [0.15, 0.2) is 0 Å². The number of halogens is 2. The number of fused-ring (bicyclic) bond motifs is 1. The number of rotatable bonds is 3. The summed E-state index contributed by atoms with van der Waals surface area (Å²) < 4.78 is 19.6. The lowest BCUT2D eigenvalue weighted by Crippen LogP contribution is -2.34. The molecule has 1 N–H and O–H groups in total. The van der Waals surface area contributed by atoms with Crippen molar-refractivity contribution in [2.45, 2.75) is 6.04 Å². The van der Waals surface area contributed by atoms with E-state index in [1.54, 1.807) is 36.4 Å². The lowest BCUT2D eigenvalue weighted by atomic mass is 10.1. The first-order valence-corrected chi connectivity index (χ1v) is 8.17. The third kappa shape index (κ3) is 3.49. The van der Waals surface area contributed by atoms with Crippen molar-refractivity contribution in [1.29, 1.82) is 0 Å². The quantitative estimate of drug-likeness (QED) is 0.504. The monoisotopic (exact) mass is 377 g/mol. The molecule has 0 saturated heterocycles. The SMILES string of the molecule is CO/N=C(/OC)C1CN(O)C(c2ccccc2F)=c2cc(Cl)ccc2=N1. The number of ether oxygens (including phenoxy) is 1. The Labute approximate surface area is 154 Å². The highest BCUT2D eigenvalue weighted by Crippen LogP contribution is 2.20. The molecule has 26 heavy (non-hydrogen) atoms. The second-order valence-electron chi connectivity index (χ2n) is 5.53. The summed E-state index contributed by atoms with van der Waals surface area (Å²) >= 11 is 6.13. The van der Waals surface area contributed by atoms with Gasteiger partial charge in [0.25, 0.3) is 5.90 Å². The van der Waals surface area contributed by atoms with Gasteiger partial charge in [-0.05, 0) is 35.5 Å². The molecule has 0 amide bonds. The average molecular weight is 378 g/mol. The standard InChI is InChI=1S/C18H17ClFN3O3/c1-25-18(22-26-2)16-10-23(24)17(12-5-3-4-6-14(12)20)13-9-11(19)7-8-15(13)21-16/h3-9,16,24H,10H2,1-2H3/b22-18+. The lowest BCUT2D eigenvalue weighted by Gasteiger charge is -2.22. The fourth-order valence-electron chi connectivity index (χ4n) is 2.81. The van der Waals surface area contributed by atoms with Crippen molar-refractivity contribution in [3.8, 4) is 0 Å². The fourth-order valence-corrected chi connectivity index (χ4v) is 2.98. The second kappa shape index (κ2) is 7.72. The van der Waals surface area contributed by atoms with Crippen LogP contribution in [0.5, 0.6) is 0 Å². The van der Waals surface area contributed by atoms with Crippen molar-refractivity contribution in [2.24, 2.45) is 10.1 Å². The zero-order chi connectivity index (χ0) is 18.7. The molecule has 136 valence electrons.